The molecule has 1 N–H and O–H groups in total. The van der Waals surface area contributed by atoms with Crippen LogP contribution in [0.1, 0.15) is 27.2 Å². The van der Waals surface area contributed by atoms with Gasteiger partial charge in [0.05, 0.1) is 17.7 Å². The number of hydrogen-bond acceptors (Lipinski definition) is 5. The third-order valence-corrected chi connectivity index (χ3v) is 5.24. The van der Waals surface area contributed by atoms with Crippen LogP contribution in [0.2, 0.25) is 5.02 Å². The predicted molar refractivity (Wildman–Crippen MR) is 113 cm³/mol. The number of halogens is 1. The summed E-state index contributed by atoms with van der Waals surface area (Å²) in [5.41, 5.74) is 2.91. The number of fused-ring (bicyclic) bond motifs is 1. The van der Waals surface area contributed by atoms with E-state index in [0.29, 0.717) is 21.7 Å². The van der Waals surface area contributed by atoms with Crippen LogP contribution in [0, 0.1) is 5.92 Å². The summed E-state index contributed by atoms with van der Waals surface area (Å²) in [5, 5.41) is 5.12. The van der Waals surface area contributed by atoms with Gasteiger partial charge in [0.15, 0.2) is 5.65 Å². The fraction of sp³-hybridized carbons (Fsp3) is 0.350. The molecule has 156 valence electrons. The van der Waals surface area contributed by atoms with E-state index in [0.717, 1.165) is 4.68 Å². The number of nitrogens with zero attached hydrogens (tertiary/aromatic N) is 5. The Morgan fingerprint density at radius 2 is 1.90 bits per heavy atom. The number of anilines is 1. The van der Waals surface area contributed by atoms with Gasteiger partial charge < -0.3 is 4.90 Å². The summed E-state index contributed by atoms with van der Waals surface area (Å²) in [7, 11) is 0. The van der Waals surface area contributed by atoms with Gasteiger partial charge in [0.25, 0.3) is 5.56 Å². The molecule has 2 amide bonds. The SMILES string of the molecule is CC(C)(C)n1ncc2c(=O)n(NC(=O)C3CC(=O)N(c4ccc(Cl)cc4)C3)cnc21. The van der Waals surface area contributed by atoms with Gasteiger partial charge in [-0.3, -0.25) is 19.8 Å². The molecule has 0 bridgehead atoms. The summed E-state index contributed by atoms with van der Waals surface area (Å²) < 4.78 is 2.70. The van der Waals surface area contributed by atoms with Crippen LogP contribution >= 0.6 is 11.6 Å². The molecule has 3 heterocycles. The van der Waals surface area contributed by atoms with Crippen molar-refractivity contribution < 1.29 is 9.59 Å². The van der Waals surface area contributed by atoms with E-state index in [1.165, 1.54) is 17.4 Å². The Morgan fingerprint density at radius 3 is 2.57 bits per heavy atom. The molecule has 10 heteroatoms. The fourth-order valence-corrected chi connectivity index (χ4v) is 3.57. The van der Waals surface area contributed by atoms with Gasteiger partial charge in [-0.25, -0.2) is 14.3 Å². The van der Waals surface area contributed by atoms with Crippen molar-refractivity contribution in [2.24, 2.45) is 5.92 Å². The van der Waals surface area contributed by atoms with Crippen molar-refractivity contribution in [2.45, 2.75) is 32.7 Å². The lowest BCUT2D eigenvalue weighted by molar-refractivity contribution is -0.123. The maximum atomic E-state index is 12.8. The van der Waals surface area contributed by atoms with Crippen LogP contribution < -0.4 is 15.9 Å². The number of carbonyl (C=O) groups excluding carboxylic acids is 2. The van der Waals surface area contributed by atoms with Crippen LogP contribution in [-0.4, -0.2) is 37.8 Å². The highest BCUT2D eigenvalue weighted by molar-refractivity contribution is 6.30. The van der Waals surface area contributed by atoms with Gasteiger partial charge in [0.2, 0.25) is 11.8 Å². The van der Waals surface area contributed by atoms with E-state index in [9.17, 15) is 14.4 Å². The highest BCUT2D eigenvalue weighted by Gasteiger charge is 2.35. The van der Waals surface area contributed by atoms with E-state index < -0.39 is 17.4 Å². The lowest BCUT2D eigenvalue weighted by Crippen LogP contribution is -2.37. The highest BCUT2D eigenvalue weighted by Crippen LogP contribution is 2.26. The van der Waals surface area contributed by atoms with Gasteiger partial charge in [-0.1, -0.05) is 11.6 Å². The van der Waals surface area contributed by atoms with Crippen LogP contribution in [0.5, 0.6) is 0 Å². The third kappa shape index (κ3) is 3.56. The maximum absolute atomic E-state index is 12.8. The van der Waals surface area contributed by atoms with E-state index in [1.54, 1.807) is 28.9 Å². The Labute approximate surface area is 177 Å². The van der Waals surface area contributed by atoms with Gasteiger partial charge in [-0.15, -0.1) is 0 Å². The van der Waals surface area contributed by atoms with Crippen molar-refractivity contribution in [1.29, 1.82) is 0 Å². The Bertz CT molecular complexity index is 1190. The number of aromatic nitrogens is 4. The molecule has 1 unspecified atom stereocenters. The summed E-state index contributed by atoms with van der Waals surface area (Å²) in [5.74, 6) is -1.18. The lowest BCUT2D eigenvalue weighted by Gasteiger charge is -2.19. The molecule has 3 aromatic rings. The monoisotopic (exact) mass is 428 g/mol. The molecule has 1 saturated heterocycles. The van der Waals surface area contributed by atoms with Crippen molar-refractivity contribution >= 4 is 40.1 Å². The average molecular weight is 429 g/mol. The predicted octanol–water partition coefficient (Wildman–Crippen LogP) is 2.12. The largest absolute Gasteiger partial charge is 0.312 e. The summed E-state index contributed by atoms with van der Waals surface area (Å²) in [6, 6.07) is 6.84. The van der Waals surface area contributed by atoms with Crippen LogP contribution in [0.15, 0.2) is 41.6 Å². The van der Waals surface area contributed by atoms with Crippen molar-refractivity contribution in [3.63, 3.8) is 0 Å². The molecular formula is C20H21ClN6O3. The number of benzene rings is 1. The Morgan fingerprint density at radius 1 is 1.20 bits per heavy atom. The summed E-state index contributed by atoms with van der Waals surface area (Å²) in [6.07, 6.45) is 2.76. The molecule has 30 heavy (non-hydrogen) atoms. The van der Waals surface area contributed by atoms with Gasteiger partial charge in [0.1, 0.15) is 11.7 Å². The van der Waals surface area contributed by atoms with Crippen molar-refractivity contribution in [2.75, 3.05) is 16.9 Å². The van der Waals surface area contributed by atoms with Gasteiger partial charge in [-0.2, -0.15) is 5.10 Å². The average Bonchev–Trinajstić information content (AvgIpc) is 3.29. The van der Waals surface area contributed by atoms with Gasteiger partial charge in [0, 0.05) is 23.7 Å². The second-order valence-electron chi connectivity index (χ2n) is 8.24. The van der Waals surface area contributed by atoms with E-state index >= 15 is 0 Å². The summed E-state index contributed by atoms with van der Waals surface area (Å²) in [4.78, 5) is 43.7. The minimum absolute atomic E-state index is 0.0564. The van der Waals surface area contributed by atoms with E-state index in [1.807, 2.05) is 20.8 Å². The molecule has 1 aliphatic rings. The first-order chi connectivity index (χ1) is 14.1. The maximum Gasteiger partial charge on any atom is 0.283 e. The van der Waals surface area contributed by atoms with E-state index in [-0.39, 0.29) is 24.4 Å². The topological polar surface area (TPSA) is 102 Å². The lowest BCUT2D eigenvalue weighted by atomic mass is 10.1. The number of rotatable bonds is 3. The molecule has 0 spiro atoms. The highest BCUT2D eigenvalue weighted by atomic mass is 35.5. The van der Waals surface area contributed by atoms with Crippen LogP contribution in [0.25, 0.3) is 11.0 Å². The zero-order chi connectivity index (χ0) is 21.6. The zero-order valence-electron chi connectivity index (χ0n) is 16.8. The molecule has 9 nitrogen and oxygen atoms in total. The Kier molecular flexibility index (Phi) is 4.85. The first-order valence-electron chi connectivity index (χ1n) is 9.48. The molecule has 1 aliphatic heterocycles. The first-order valence-corrected chi connectivity index (χ1v) is 9.85. The Balaban J connectivity index is 1.53. The van der Waals surface area contributed by atoms with Crippen LogP contribution in [0.3, 0.4) is 0 Å². The van der Waals surface area contributed by atoms with Crippen molar-refractivity contribution in [3.8, 4) is 0 Å². The molecule has 2 aromatic heterocycles. The van der Waals surface area contributed by atoms with Gasteiger partial charge in [-0.05, 0) is 45.0 Å². The molecule has 4 rings (SSSR count). The smallest absolute Gasteiger partial charge is 0.283 e. The first kappa shape index (κ1) is 20.1. The number of carbonyl (C=O) groups is 2. The molecule has 1 fully saturated rings. The minimum Gasteiger partial charge on any atom is -0.312 e. The summed E-state index contributed by atoms with van der Waals surface area (Å²) >= 11 is 5.89. The third-order valence-electron chi connectivity index (χ3n) is 4.99. The van der Waals surface area contributed by atoms with Crippen molar-refractivity contribution in [3.05, 3.63) is 52.2 Å². The standard InChI is InChI=1S/C20H21ClN6O3/c1-20(2,3)27-17-15(9-23-27)19(30)26(11-22-17)24-18(29)12-8-16(28)25(10-12)14-6-4-13(21)5-7-14/h4-7,9,11-12H,8,10H2,1-3H3,(H,24,29). The second kappa shape index (κ2) is 7.24. The molecule has 0 aliphatic carbocycles. The van der Waals surface area contributed by atoms with E-state index in [4.69, 9.17) is 11.6 Å². The minimum atomic E-state index is -0.590. The molecule has 1 atom stereocenters. The fourth-order valence-electron chi connectivity index (χ4n) is 3.45. The second-order valence-corrected chi connectivity index (χ2v) is 8.68. The van der Waals surface area contributed by atoms with Crippen LogP contribution in [-0.2, 0) is 15.1 Å². The van der Waals surface area contributed by atoms with Crippen LogP contribution in [0.4, 0.5) is 5.69 Å². The number of nitrogens with one attached hydrogen (secondary N) is 1. The quantitative estimate of drug-likeness (QED) is 0.688. The summed E-state index contributed by atoms with van der Waals surface area (Å²) in [6.45, 7) is 6.09. The normalized spacial score (nSPS) is 17.0. The Hall–Kier alpha value is -3.20. The number of amides is 2. The van der Waals surface area contributed by atoms with E-state index in [2.05, 4.69) is 15.5 Å². The number of hydrogen-bond donors (Lipinski definition) is 1. The molecule has 0 radical (unpaired) electrons. The van der Waals surface area contributed by atoms with Crippen molar-refractivity contribution in [1.82, 2.24) is 19.4 Å². The molecular weight excluding hydrogens is 408 g/mol. The zero-order valence-corrected chi connectivity index (χ0v) is 17.6. The molecule has 0 saturated carbocycles. The molecule has 1 aromatic carbocycles. The van der Waals surface area contributed by atoms with Gasteiger partial charge >= 0.3 is 0 Å².